The lowest BCUT2D eigenvalue weighted by atomic mass is 10.1. The van der Waals surface area contributed by atoms with Crippen molar-refractivity contribution in [2.24, 2.45) is 0 Å². The monoisotopic (exact) mass is 307 g/mol. The fourth-order valence-electron chi connectivity index (χ4n) is 2.15. The molecule has 0 bridgehead atoms. The van der Waals surface area contributed by atoms with Crippen LogP contribution in [0.3, 0.4) is 0 Å². The molecule has 1 aromatic carbocycles. The smallest absolute Gasteiger partial charge is 0.242 e. The van der Waals surface area contributed by atoms with Crippen LogP contribution in [0.1, 0.15) is 25.5 Å². The number of carbonyl (C=O) groups excluding carboxylic acids is 2. The summed E-state index contributed by atoms with van der Waals surface area (Å²) in [7, 11) is 5.54. The standard InChI is InChI=1S/C16H25N3O3/c1-11(18-12(2)20)16(21)17-10-15(19(3)4)13-6-8-14(22-5)9-7-13/h6-9,11,15H,10H2,1-5H3,(H,17,21)(H,18,20). The largest absolute Gasteiger partial charge is 0.497 e. The van der Waals surface area contributed by atoms with Crippen LogP contribution >= 0.6 is 0 Å². The zero-order valence-corrected chi connectivity index (χ0v) is 13.8. The van der Waals surface area contributed by atoms with Gasteiger partial charge in [0.1, 0.15) is 11.8 Å². The van der Waals surface area contributed by atoms with Crippen molar-refractivity contribution < 1.29 is 14.3 Å². The van der Waals surface area contributed by atoms with Crippen molar-refractivity contribution >= 4 is 11.8 Å². The molecule has 2 amide bonds. The third-order valence-electron chi connectivity index (χ3n) is 3.41. The lowest BCUT2D eigenvalue weighted by Gasteiger charge is -2.26. The summed E-state index contributed by atoms with van der Waals surface area (Å²) in [5, 5.41) is 5.44. The van der Waals surface area contributed by atoms with Crippen LogP contribution in [0.25, 0.3) is 0 Å². The Kier molecular flexibility index (Phi) is 6.85. The number of ether oxygens (including phenoxy) is 1. The van der Waals surface area contributed by atoms with Crippen LogP contribution in [0.5, 0.6) is 5.75 Å². The molecule has 0 saturated carbocycles. The summed E-state index contributed by atoms with van der Waals surface area (Å²) in [6, 6.07) is 7.25. The highest BCUT2D eigenvalue weighted by Gasteiger charge is 2.18. The molecule has 1 aromatic rings. The second-order valence-corrected chi connectivity index (χ2v) is 5.42. The molecule has 0 aliphatic carbocycles. The molecule has 2 unspecified atom stereocenters. The number of nitrogens with zero attached hydrogens (tertiary/aromatic N) is 1. The fraction of sp³-hybridized carbons (Fsp3) is 0.500. The minimum absolute atomic E-state index is 0.0411. The first-order valence-corrected chi connectivity index (χ1v) is 7.20. The Morgan fingerprint density at radius 1 is 1.23 bits per heavy atom. The van der Waals surface area contributed by atoms with Crippen LogP contribution < -0.4 is 15.4 Å². The number of carbonyl (C=O) groups is 2. The van der Waals surface area contributed by atoms with Crippen LogP contribution in [0.15, 0.2) is 24.3 Å². The summed E-state index contributed by atoms with van der Waals surface area (Å²) >= 11 is 0. The van der Waals surface area contributed by atoms with Crippen LogP contribution in [-0.2, 0) is 9.59 Å². The molecule has 2 N–H and O–H groups in total. The Hall–Kier alpha value is -2.08. The number of rotatable bonds is 7. The van der Waals surface area contributed by atoms with E-state index < -0.39 is 6.04 Å². The van der Waals surface area contributed by atoms with Crippen molar-refractivity contribution in [3.05, 3.63) is 29.8 Å². The van der Waals surface area contributed by atoms with Crippen LogP contribution in [0.2, 0.25) is 0 Å². The molecule has 6 heteroatoms. The number of hydrogen-bond donors (Lipinski definition) is 2. The van der Waals surface area contributed by atoms with E-state index in [-0.39, 0.29) is 17.9 Å². The second kappa shape index (κ2) is 8.38. The number of likely N-dealkylation sites (N-methyl/N-ethyl adjacent to an activating group) is 1. The van der Waals surface area contributed by atoms with Gasteiger partial charge in [-0.1, -0.05) is 12.1 Å². The van der Waals surface area contributed by atoms with E-state index in [0.29, 0.717) is 6.54 Å². The first-order chi connectivity index (χ1) is 10.3. The minimum atomic E-state index is -0.545. The Labute approximate surface area is 131 Å². The van der Waals surface area contributed by atoms with E-state index in [2.05, 4.69) is 10.6 Å². The Morgan fingerprint density at radius 3 is 2.27 bits per heavy atom. The summed E-state index contributed by atoms with van der Waals surface area (Å²) in [6.07, 6.45) is 0. The molecule has 6 nitrogen and oxygen atoms in total. The molecule has 1 rings (SSSR count). The van der Waals surface area contributed by atoms with Crippen molar-refractivity contribution in [2.45, 2.75) is 25.9 Å². The Balaban J connectivity index is 2.68. The molecule has 122 valence electrons. The maximum atomic E-state index is 12.0. The van der Waals surface area contributed by atoms with Gasteiger partial charge in [-0.3, -0.25) is 9.59 Å². The SMILES string of the molecule is COc1ccc(C(CNC(=O)C(C)NC(C)=O)N(C)C)cc1. The third-order valence-corrected chi connectivity index (χ3v) is 3.41. The molecular formula is C16H25N3O3. The predicted octanol–water partition coefficient (Wildman–Crippen LogP) is 0.939. The molecule has 0 fully saturated rings. The Bertz CT molecular complexity index is 500. The number of nitrogens with one attached hydrogen (secondary N) is 2. The molecule has 22 heavy (non-hydrogen) atoms. The summed E-state index contributed by atoms with van der Waals surface area (Å²) in [5.74, 6) is 0.377. The van der Waals surface area contributed by atoms with Gasteiger partial charge in [-0.05, 0) is 38.7 Å². The van der Waals surface area contributed by atoms with Crippen molar-refractivity contribution in [3.8, 4) is 5.75 Å². The number of hydrogen-bond acceptors (Lipinski definition) is 4. The molecule has 0 aromatic heterocycles. The molecule has 0 aliphatic heterocycles. The van der Waals surface area contributed by atoms with Gasteiger partial charge in [0.15, 0.2) is 0 Å². The first kappa shape index (κ1) is 18.0. The zero-order valence-electron chi connectivity index (χ0n) is 13.8. The van der Waals surface area contributed by atoms with Crippen molar-refractivity contribution in [1.29, 1.82) is 0 Å². The van der Waals surface area contributed by atoms with Gasteiger partial charge >= 0.3 is 0 Å². The van der Waals surface area contributed by atoms with Crippen LogP contribution in [-0.4, -0.2) is 50.5 Å². The van der Waals surface area contributed by atoms with E-state index in [4.69, 9.17) is 4.74 Å². The molecule has 2 atom stereocenters. The van der Waals surface area contributed by atoms with Gasteiger partial charge in [-0.2, -0.15) is 0 Å². The number of methoxy groups -OCH3 is 1. The van der Waals surface area contributed by atoms with Crippen LogP contribution in [0.4, 0.5) is 0 Å². The maximum absolute atomic E-state index is 12.0. The van der Waals surface area contributed by atoms with Gasteiger partial charge in [0.25, 0.3) is 0 Å². The summed E-state index contributed by atoms with van der Waals surface area (Å²) in [5.41, 5.74) is 1.08. The van der Waals surface area contributed by atoms with Gasteiger partial charge in [0.2, 0.25) is 11.8 Å². The van der Waals surface area contributed by atoms with E-state index in [1.165, 1.54) is 6.92 Å². The fourth-order valence-corrected chi connectivity index (χ4v) is 2.15. The lowest BCUT2D eigenvalue weighted by molar-refractivity contribution is -0.127. The highest BCUT2D eigenvalue weighted by atomic mass is 16.5. The van der Waals surface area contributed by atoms with Gasteiger partial charge in [-0.25, -0.2) is 0 Å². The average molecular weight is 307 g/mol. The van der Waals surface area contributed by atoms with Gasteiger partial charge in [0.05, 0.1) is 13.2 Å². The molecule has 0 saturated heterocycles. The third kappa shape index (κ3) is 5.37. The predicted molar refractivity (Wildman–Crippen MR) is 85.7 cm³/mol. The zero-order chi connectivity index (χ0) is 16.7. The highest BCUT2D eigenvalue weighted by molar-refractivity contribution is 5.86. The molecule has 0 heterocycles. The van der Waals surface area contributed by atoms with E-state index in [1.54, 1.807) is 14.0 Å². The lowest BCUT2D eigenvalue weighted by Crippen LogP contribution is -2.46. The summed E-state index contributed by atoms with van der Waals surface area (Å²) in [4.78, 5) is 25.0. The normalized spacial score (nSPS) is 13.4. The quantitative estimate of drug-likeness (QED) is 0.786. The van der Waals surface area contributed by atoms with Gasteiger partial charge < -0.3 is 20.3 Å². The highest BCUT2D eigenvalue weighted by Crippen LogP contribution is 2.20. The number of amides is 2. The van der Waals surface area contributed by atoms with Gasteiger partial charge in [-0.15, -0.1) is 0 Å². The summed E-state index contributed by atoms with van der Waals surface area (Å²) < 4.78 is 5.15. The molecule has 0 radical (unpaired) electrons. The second-order valence-electron chi connectivity index (χ2n) is 5.42. The van der Waals surface area contributed by atoms with Crippen molar-refractivity contribution in [1.82, 2.24) is 15.5 Å². The van der Waals surface area contributed by atoms with Crippen molar-refractivity contribution in [3.63, 3.8) is 0 Å². The summed E-state index contributed by atoms with van der Waals surface area (Å²) in [6.45, 7) is 3.51. The number of benzene rings is 1. The van der Waals surface area contributed by atoms with E-state index in [9.17, 15) is 9.59 Å². The van der Waals surface area contributed by atoms with Gasteiger partial charge in [0, 0.05) is 13.5 Å². The average Bonchev–Trinajstić information content (AvgIpc) is 2.46. The Morgan fingerprint density at radius 2 is 1.82 bits per heavy atom. The van der Waals surface area contributed by atoms with E-state index >= 15 is 0 Å². The van der Waals surface area contributed by atoms with E-state index in [0.717, 1.165) is 11.3 Å². The molecule has 0 aliphatic rings. The minimum Gasteiger partial charge on any atom is -0.497 e. The van der Waals surface area contributed by atoms with Crippen molar-refractivity contribution in [2.75, 3.05) is 27.7 Å². The first-order valence-electron chi connectivity index (χ1n) is 7.20. The molecule has 0 spiro atoms. The maximum Gasteiger partial charge on any atom is 0.242 e. The topological polar surface area (TPSA) is 70.7 Å². The van der Waals surface area contributed by atoms with Crippen LogP contribution in [0, 0.1) is 0 Å². The van der Waals surface area contributed by atoms with E-state index in [1.807, 2.05) is 43.3 Å². The molecular weight excluding hydrogens is 282 g/mol.